The summed E-state index contributed by atoms with van der Waals surface area (Å²) in [7, 11) is 0. The molecular weight excluding hydrogens is 376 g/mol. The molecule has 2 aromatic heterocycles. The summed E-state index contributed by atoms with van der Waals surface area (Å²) in [6.45, 7) is 1.59. The summed E-state index contributed by atoms with van der Waals surface area (Å²) < 4.78 is 2.00. The lowest BCUT2D eigenvalue weighted by Gasteiger charge is -2.08. The predicted molar refractivity (Wildman–Crippen MR) is 109 cm³/mol. The molecule has 0 aliphatic carbocycles. The number of benzene rings is 2. The molecule has 10 heteroatoms. The number of carboxylic acid groups (broad SMARTS) is 1. The minimum atomic E-state index is -0.833. The molecule has 29 heavy (non-hydrogen) atoms. The van der Waals surface area contributed by atoms with E-state index < -0.39 is 10.9 Å². The van der Waals surface area contributed by atoms with Gasteiger partial charge in [0.1, 0.15) is 5.82 Å². The second kappa shape index (κ2) is 7.80. The molecule has 4 aromatic rings. The van der Waals surface area contributed by atoms with Gasteiger partial charge in [-0.3, -0.25) is 14.9 Å². The van der Waals surface area contributed by atoms with Crippen molar-refractivity contribution in [1.29, 1.82) is 0 Å². The predicted octanol–water partition coefficient (Wildman–Crippen LogP) is 2.80. The van der Waals surface area contributed by atoms with E-state index in [4.69, 9.17) is 21.4 Å². The highest BCUT2D eigenvalue weighted by Crippen LogP contribution is 2.29. The molecule has 148 valence electrons. The Balaban J connectivity index is 0.000000552. The molecule has 0 fully saturated rings. The Bertz CT molecular complexity index is 1230. The molecule has 0 aliphatic rings. The van der Waals surface area contributed by atoms with Crippen LogP contribution in [0.1, 0.15) is 12.5 Å². The normalized spacial score (nSPS) is 10.5. The third-order valence-corrected chi connectivity index (χ3v) is 4.13. The Morgan fingerprint density at radius 3 is 2.62 bits per heavy atom. The first-order chi connectivity index (χ1) is 13.8. The van der Waals surface area contributed by atoms with Gasteiger partial charge >= 0.3 is 0 Å². The molecule has 5 N–H and O–H groups in total. The molecule has 4 rings (SSSR count). The number of nitrogen functional groups attached to an aromatic ring is 2. The third kappa shape index (κ3) is 4.21. The number of hydrogen-bond acceptors (Lipinski definition) is 7. The zero-order chi connectivity index (χ0) is 21.1. The van der Waals surface area contributed by atoms with Gasteiger partial charge in [-0.05, 0) is 23.8 Å². The molecule has 0 amide bonds. The Labute approximate surface area is 164 Å². The lowest BCUT2D eigenvalue weighted by Crippen LogP contribution is -2.01. The maximum absolute atomic E-state index is 10.9. The SMILES string of the molecule is CC(=O)O.Nc1nc(N)c2c(ccc3c2ccn3Cc2cccc([N+](=O)[O-])c2)n1. The van der Waals surface area contributed by atoms with Crippen molar-refractivity contribution in [2.75, 3.05) is 11.5 Å². The number of anilines is 2. The van der Waals surface area contributed by atoms with Crippen molar-refractivity contribution in [2.45, 2.75) is 13.5 Å². The molecular formula is C19H18N6O4. The van der Waals surface area contributed by atoms with Crippen LogP contribution in [0.25, 0.3) is 21.8 Å². The van der Waals surface area contributed by atoms with Gasteiger partial charge in [-0.15, -0.1) is 0 Å². The Morgan fingerprint density at radius 2 is 1.93 bits per heavy atom. The number of nitro benzene ring substituents is 1. The number of nitrogens with two attached hydrogens (primary N) is 2. The second-order valence-corrected chi connectivity index (χ2v) is 6.25. The van der Waals surface area contributed by atoms with E-state index >= 15 is 0 Å². The van der Waals surface area contributed by atoms with Gasteiger partial charge in [-0.2, -0.15) is 4.98 Å². The number of nitro groups is 1. The van der Waals surface area contributed by atoms with Gasteiger partial charge in [0.25, 0.3) is 11.7 Å². The van der Waals surface area contributed by atoms with Crippen LogP contribution in [0.15, 0.2) is 48.7 Å². The summed E-state index contributed by atoms with van der Waals surface area (Å²) in [5.41, 5.74) is 14.2. The van der Waals surface area contributed by atoms with E-state index in [9.17, 15) is 10.1 Å². The number of fused-ring (bicyclic) bond motifs is 3. The molecule has 0 aliphatic heterocycles. The summed E-state index contributed by atoms with van der Waals surface area (Å²) in [6, 6.07) is 12.3. The van der Waals surface area contributed by atoms with E-state index in [2.05, 4.69) is 9.97 Å². The number of nitrogens with zero attached hydrogens (tertiary/aromatic N) is 4. The third-order valence-electron chi connectivity index (χ3n) is 4.13. The largest absolute Gasteiger partial charge is 0.481 e. The van der Waals surface area contributed by atoms with Gasteiger partial charge in [-0.1, -0.05) is 12.1 Å². The molecule has 0 radical (unpaired) electrons. The molecule has 0 spiro atoms. The van der Waals surface area contributed by atoms with Crippen molar-refractivity contribution in [3.8, 4) is 0 Å². The number of hydrogen-bond donors (Lipinski definition) is 3. The minimum Gasteiger partial charge on any atom is -0.481 e. The Kier molecular flexibility index (Phi) is 5.26. The molecule has 2 heterocycles. The number of rotatable bonds is 3. The topological polar surface area (TPSA) is 163 Å². The number of carboxylic acids is 1. The monoisotopic (exact) mass is 394 g/mol. The maximum atomic E-state index is 10.9. The molecule has 10 nitrogen and oxygen atoms in total. The van der Waals surface area contributed by atoms with Gasteiger partial charge in [0.15, 0.2) is 0 Å². The van der Waals surface area contributed by atoms with Crippen LogP contribution >= 0.6 is 0 Å². The van der Waals surface area contributed by atoms with E-state index in [-0.39, 0.29) is 11.6 Å². The van der Waals surface area contributed by atoms with Crippen molar-refractivity contribution in [3.63, 3.8) is 0 Å². The average Bonchev–Trinajstić information content (AvgIpc) is 3.03. The van der Waals surface area contributed by atoms with Crippen molar-refractivity contribution in [1.82, 2.24) is 14.5 Å². The molecule has 2 aromatic carbocycles. The van der Waals surface area contributed by atoms with E-state index in [0.717, 1.165) is 28.8 Å². The number of non-ortho nitro benzene ring substituents is 1. The number of carbonyl (C=O) groups is 1. The van der Waals surface area contributed by atoms with Crippen molar-refractivity contribution < 1.29 is 14.8 Å². The number of aliphatic carboxylic acids is 1. The Morgan fingerprint density at radius 1 is 1.21 bits per heavy atom. The van der Waals surface area contributed by atoms with Crippen LogP contribution < -0.4 is 11.5 Å². The number of aromatic nitrogens is 3. The van der Waals surface area contributed by atoms with Crippen LogP contribution in [0.4, 0.5) is 17.5 Å². The second-order valence-electron chi connectivity index (χ2n) is 6.25. The highest BCUT2D eigenvalue weighted by molar-refractivity contribution is 6.10. The van der Waals surface area contributed by atoms with Gasteiger partial charge in [0, 0.05) is 42.7 Å². The smallest absolute Gasteiger partial charge is 0.300 e. The van der Waals surface area contributed by atoms with Crippen LogP contribution in [0.2, 0.25) is 0 Å². The van der Waals surface area contributed by atoms with Gasteiger partial charge in [0.05, 0.1) is 15.8 Å². The van der Waals surface area contributed by atoms with E-state index in [1.807, 2.05) is 35.0 Å². The van der Waals surface area contributed by atoms with Crippen LogP contribution in [0.5, 0.6) is 0 Å². The summed E-state index contributed by atoms with van der Waals surface area (Å²) in [5.74, 6) is -0.360. The molecule has 0 atom stereocenters. The molecule has 0 saturated carbocycles. The highest BCUT2D eigenvalue weighted by Gasteiger charge is 2.12. The summed E-state index contributed by atoms with van der Waals surface area (Å²) in [4.78, 5) is 27.8. The zero-order valence-corrected chi connectivity index (χ0v) is 15.4. The highest BCUT2D eigenvalue weighted by atomic mass is 16.6. The van der Waals surface area contributed by atoms with Gasteiger partial charge in [0.2, 0.25) is 5.95 Å². The van der Waals surface area contributed by atoms with E-state index in [1.54, 1.807) is 12.1 Å². The lowest BCUT2D eigenvalue weighted by molar-refractivity contribution is -0.384. The van der Waals surface area contributed by atoms with Gasteiger partial charge in [-0.25, -0.2) is 4.98 Å². The van der Waals surface area contributed by atoms with Gasteiger partial charge < -0.3 is 21.1 Å². The average molecular weight is 394 g/mol. The van der Waals surface area contributed by atoms with Crippen molar-refractivity contribution in [2.24, 2.45) is 0 Å². The van der Waals surface area contributed by atoms with E-state index in [0.29, 0.717) is 17.9 Å². The minimum absolute atomic E-state index is 0.0764. The fourth-order valence-electron chi connectivity index (χ4n) is 3.05. The Hall–Kier alpha value is -4.21. The molecule has 0 unspecified atom stereocenters. The maximum Gasteiger partial charge on any atom is 0.300 e. The first-order valence-electron chi connectivity index (χ1n) is 8.49. The molecule has 0 saturated heterocycles. The first-order valence-corrected chi connectivity index (χ1v) is 8.49. The van der Waals surface area contributed by atoms with Crippen molar-refractivity contribution in [3.05, 3.63) is 64.3 Å². The van der Waals surface area contributed by atoms with Crippen LogP contribution in [0.3, 0.4) is 0 Å². The van der Waals surface area contributed by atoms with Crippen LogP contribution in [-0.2, 0) is 11.3 Å². The standard InChI is InChI=1S/C17H14N6O2.C2H4O2/c18-16-15-12-6-7-22(9-10-2-1-3-11(8-10)23(24)25)14(12)5-4-13(15)20-17(19)21-16;1-2(3)4/h1-8H,9H2,(H4,18,19,20,21);1H3,(H,3,4). The lowest BCUT2D eigenvalue weighted by atomic mass is 10.1. The quantitative estimate of drug-likeness (QED) is 0.353. The first kappa shape index (κ1) is 19.5. The summed E-state index contributed by atoms with van der Waals surface area (Å²) in [5, 5.41) is 20.0. The summed E-state index contributed by atoms with van der Waals surface area (Å²) >= 11 is 0. The van der Waals surface area contributed by atoms with Crippen LogP contribution in [0, 0.1) is 10.1 Å². The summed E-state index contributed by atoms with van der Waals surface area (Å²) in [6.07, 6.45) is 1.92. The van der Waals surface area contributed by atoms with Crippen molar-refractivity contribution >= 4 is 45.2 Å². The van der Waals surface area contributed by atoms with Crippen LogP contribution in [-0.4, -0.2) is 30.5 Å². The van der Waals surface area contributed by atoms with E-state index in [1.165, 1.54) is 6.07 Å². The fourth-order valence-corrected chi connectivity index (χ4v) is 3.05. The molecule has 0 bridgehead atoms. The fraction of sp³-hybridized carbons (Fsp3) is 0.105. The zero-order valence-electron chi connectivity index (χ0n) is 15.4.